The number of hydrogen-bond donors (Lipinski definition) is 0. The van der Waals surface area contributed by atoms with Gasteiger partial charge in [-0.3, -0.25) is 4.79 Å². The summed E-state index contributed by atoms with van der Waals surface area (Å²) in [7, 11) is 0. The molecule has 0 aliphatic rings. The van der Waals surface area contributed by atoms with E-state index in [4.69, 9.17) is 4.74 Å². The van der Waals surface area contributed by atoms with E-state index in [0.717, 1.165) is 15.8 Å². The molecule has 21 heavy (non-hydrogen) atoms. The van der Waals surface area contributed by atoms with Gasteiger partial charge in [-0.15, -0.1) is 0 Å². The standard InChI is InChI=1S/C18H19BrO2/c1-12(20)14-10-9-13(19)11-17(14)21-16-8-6-5-7-15(16)18(2,3)4/h5-11H,1-4H3. The lowest BCUT2D eigenvalue weighted by Gasteiger charge is -2.23. The van der Waals surface area contributed by atoms with E-state index < -0.39 is 0 Å². The van der Waals surface area contributed by atoms with Crippen LogP contribution in [-0.4, -0.2) is 5.78 Å². The number of carbonyl (C=O) groups is 1. The van der Waals surface area contributed by atoms with Crippen molar-refractivity contribution < 1.29 is 9.53 Å². The van der Waals surface area contributed by atoms with Gasteiger partial charge in [0.25, 0.3) is 0 Å². The van der Waals surface area contributed by atoms with Crippen LogP contribution in [0, 0.1) is 0 Å². The number of rotatable bonds is 3. The van der Waals surface area contributed by atoms with Crippen LogP contribution >= 0.6 is 15.9 Å². The lowest BCUT2D eigenvalue weighted by molar-refractivity contribution is 0.101. The van der Waals surface area contributed by atoms with E-state index in [0.29, 0.717) is 11.3 Å². The average Bonchev–Trinajstić information content (AvgIpc) is 2.37. The van der Waals surface area contributed by atoms with Crippen LogP contribution in [0.3, 0.4) is 0 Å². The molecule has 0 unspecified atom stereocenters. The summed E-state index contributed by atoms with van der Waals surface area (Å²) in [5, 5.41) is 0. The predicted octanol–water partition coefficient (Wildman–Crippen LogP) is 5.74. The van der Waals surface area contributed by atoms with Gasteiger partial charge in [0, 0.05) is 10.0 Å². The zero-order valence-corrected chi connectivity index (χ0v) is 14.3. The zero-order valence-electron chi connectivity index (χ0n) is 12.7. The van der Waals surface area contributed by atoms with Gasteiger partial charge in [0.05, 0.1) is 5.56 Å². The van der Waals surface area contributed by atoms with Crippen molar-refractivity contribution in [2.75, 3.05) is 0 Å². The summed E-state index contributed by atoms with van der Waals surface area (Å²) in [4.78, 5) is 11.8. The van der Waals surface area contributed by atoms with Crippen molar-refractivity contribution in [2.45, 2.75) is 33.1 Å². The van der Waals surface area contributed by atoms with Crippen LogP contribution in [0.25, 0.3) is 0 Å². The summed E-state index contributed by atoms with van der Waals surface area (Å²) in [5.41, 5.74) is 1.67. The summed E-state index contributed by atoms with van der Waals surface area (Å²) in [5.74, 6) is 1.35. The molecule has 0 N–H and O–H groups in total. The minimum atomic E-state index is -0.0288. The molecule has 3 heteroatoms. The SMILES string of the molecule is CC(=O)c1ccc(Br)cc1Oc1ccccc1C(C)(C)C. The number of para-hydroxylation sites is 1. The molecular formula is C18H19BrO2. The van der Waals surface area contributed by atoms with E-state index in [-0.39, 0.29) is 11.2 Å². The van der Waals surface area contributed by atoms with E-state index in [1.807, 2.05) is 30.3 Å². The van der Waals surface area contributed by atoms with Gasteiger partial charge in [0.1, 0.15) is 11.5 Å². The van der Waals surface area contributed by atoms with Crippen molar-refractivity contribution >= 4 is 21.7 Å². The highest BCUT2D eigenvalue weighted by molar-refractivity contribution is 9.10. The highest BCUT2D eigenvalue weighted by atomic mass is 79.9. The van der Waals surface area contributed by atoms with Gasteiger partial charge in [-0.25, -0.2) is 0 Å². The van der Waals surface area contributed by atoms with Crippen molar-refractivity contribution in [3.63, 3.8) is 0 Å². The maximum absolute atomic E-state index is 11.8. The smallest absolute Gasteiger partial charge is 0.163 e. The quantitative estimate of drug-likeness (QED) is 0.662. The van der Waals surface area contributed by atoms with Crippen LogP contribution < -0.4 is 4.74 Å². The molecule has 2 aromatic carbocycles. The molecule has 0 amide bonds. The molecule has 2 rings (SSSR count). The largest absolute Gasteiger partial charge is 0.456 e. The fourth-order valence-corrected chi connectivity index (χ4v) is 2.51. The highest BCUT2D eigenvalue weighted by Crippen LogP contribution is 2.36. The number of halogens is 1. The molecule has 2 aromatic rings. The number of Topliss-reactive ketones (excluding diaryl/α,β-unsaturated/α-hetero) is 1. The summed E-state index contributed by atoms with van der Waals surface area (Å²) in [6, 6.07) is 13.4. The molecule has 0 fully saturated rings. The molecular weight excluding hydrogens is 328 g/mol. The van der Waals surface area contributed by atoms with Crippen molar-refractivity contribution in [1.29, 1.82) is 0 Å². The van der Waals surface area contributed by atoms with E-state index in [2.05, 4.69) is 42.8 Å². The molecule has 0 radical (unpaired) electrons. The highest BCUT2D eigenvalue weighted by Gasteiger charge is 2.20. The Kier molecular flexibility index (Phi) is 4.52. The van der Waals surface area contributed by atoms with Crippen LogP contribution in [0.4, 0.5) is 0 Å². The molecule has 0 aliphatic carbocycles. The molecule has 2 nitrogen and oxygen atoms in total. The van der Waals surface area contributed by atoms with Gasteiger partial charge in [-0.2, -0.15) is 0 Å². The molecule has 110 valence electrons. The summed E-state index contributed by atoms with van der Waals surface area (Å²) in [6.07, 6.45) is 0. The Morgan fingerprint density at radius 3 is 2.33 bits per heavy atom. The second kappa shape index (κ2) is 6.02. The topological polar surface area (TPSA) is 26.3 Å². The maximum Gasteiger partial charge on any atom is 0.163 e. The zero-order chi connectivity index (χ0) is 15.6. The van der Waals surface area contributed by atoms with Crippen molar-refractivity contribution in [2.24, 2.45) is 0 Å². The Morgan fingerprint density at radius 1 is 1.05 bits per heavy atom. The molecule has 0 spiro atoms. The Hall–Kier alpha value is -1.61. The normalized spacial score (nSPS) is 11.3. The number of ketones is 1. The molecule has 0 saturated heterocycles. The van der Waals surface area contributed by atoms with E-state index in [1.165, 1.54) is 0 Å². The van der Waals surface area contributed by atoms with Gasteiger partial charge in [0.2, 0.25) is 0 Å². The average molecular weight is 347 g/mol. The third-order valence-corrected chi connectivity index (χ3v) is 3.73. The van der Waals surface area contributed by atoms with E-state index in [1.54, 1.807) is 13.0 Å². The Labute approximate surface area is 134 Å². The van der Waals surface area contributed by atoms with Crippen LogP contribution in [0.1, 0.15) is 43.6 Å². The first-order valence-corrected chi connectivity index (χ1v) is 7.66. The lowest BCUT2D eigenvalue weighted by Crippen LogP contribution is -2.12. The predicted molar refractivity (Wildman–Crippen MR) is 89.4 cm³/mol. The summed E-state index contributed by atoms with van der Waals surface area (Å²) >= 11 is 3.43. The van der Waals surface area contributed by atoms with Crippen LogP contribution in [0.15, 0.2) is 46.9 Å². The van der Waals surface area contributed by atoms with Crippen molar-refractivity contribution in [1.82, 2.24) is 0 Å². The first-order chi connectivity index (χ1) is 9.79. The van der Waals surface area contributed by atoms with E-state index in [9.17, 15) is 4.79 Å². The second-order valence-corrected chi connectivity index (χ2v) is 6.96. The molecule has 0 saturated carbocycles. The first-order valence-electron chi connectivity index (χ1n) is 6.87. The first kappa shape index (κ1) is 15.8. The fourth-order valence-electron chi connectivity index (χ4n) is 2.17. The van der Waals surface area contributed by atoms with Crippen molar-refractivity contribution in [3.05, 3.63) is 58.1 Å². The lowest BCUT2D eigenvalue weighted by atomic mass is 9.86. The minimum absolute atomic E-state index is 0.00857. The Morgan fingerprint density at radius 2 is 1.71 bits per heavy atom. The second-order valence-electron chi connectivity index (χ2n) is 6.04. The van der Waals surface area contributed by atoms with Gasteiger partial charge >= 0.3 is 0 Å². The number of hydrogen-bond acceptors (Lipinski definition) is 2. The molecule has 0 aromatic heterocycles. The van der Waals surface area contributed by atoms with Crippen LogP contribution in [-0.2, 0) is 5.41 Å². The van der Waals surface area contributed by atoms with Crippen LogP contribution in [0.5, 0.6) is 11.5 Å². The van der Waals surface area contributed by atoms with Gasteiger partial charge < -0.3 is 4.74 Å². The van der Waals surface area contributed by atoms with Gasteiger partial charge in [0.15, 0.2) is 5.78 Å². The van der Waals surface area contributed by atoms with Crippen molar-refractivity contribution in [3.8, 4) is 11.5 Å². The molecule has 0 atom stereocenters. The molecule has 0 heterocycles. The van der Waals surface area contributed by atoms with Crippen LogP contribution in [0.2, 0.25) is 0 Å². The molecule has 0 bridgehead atoms. The van der Waals surface area contributed by atoms with Gasteiger partial charge in [-0.05, 0) is 36.6 Å². The monoisotopic (exact) mass is 346 g/mol. The Balaban J connectivity index is 2.49. The third kappa shape index (κ3) is 3.73. The third-order valence-electron chi connectivity index (χ3n) is 3.24. The minimum Gasteiger partial charge on any atom is -0.456 e. The summed E-state index contributed by atoms with van der Waals surface area (Å²) < 4.78 is 6.94. The number of ether oxygens (including phenoxy) is 1. The summed E-state index contributed by atoms with van der Waals surface area (Å²) in [6.45, 7) is 7.97. The van der Waals surface area contributed by atoms with Gasteiger partial charge in [-0.1, -0.05) is 54.9 Å². The number of carbonyl (C=O) groups excluding carboxylic acids is 1. The Bertz CT molecular complexity index is 669. The molecule has 0 aliphatic heterocycles. The fraction of sp³-hybridized carbons (Fsp3) is 0.278. The number of benzene rings is 2. The van der Waals surface area contributed by atoms with E-state index >= 15 is 0 Å². The maximum atomic E-state index is 11.8.